The van der Waals surface area contributed by atoms with Crippen molar-refractivity contribution in [3.8, 4) is 0 Å². The van der Waals surface area contributed by atoms with Gasteiger partial charge in [0.1, 0.15) is 13.2 Å². The molecule has 2 rings (SSSR count). The van der Waals surface area contributed by atoms with Crippen molar-refractivity contribution in [2.24, 2.45) is 0 Å². The van der Waals surface area contributed by atoms with Crippen molar-refractivity contribution in [3.63, 3.8) is 0 Å². The van der Waals surface area contributed by atoms with E-state index in [1.54, 1.807) is 6.92 Å². The van der Waals surface area contributed by atoms with Crippen LogP contribution in [0.4, 0.5) is 0 Å². The lowest BCUT2D eigenvalue weighted by atomic mass is 10.2. The Morgan fingerprint density at radius 1 is 0.963 bits per heavy atom. The lowest BCUT2D eigenvalue weighted by Crippen LogP contribution is -2.30. The maximum absolute atomic E-state index is 12.2. The molecule has 8 heteroatoms. The molecule has 0 aliphatic rings. The van der Waals surface area contributed by atoms with Gasteiger partial charge in [0.25, 0.3) is 0 Å². The number of hydrogen-bond donors (Lipinski definition) is 1. The van der Waals surface area contributed by atoms with E-state index in [0.29, 0.717) is 0 Å². The highest BCUT2D eigenvalue weighted by molar-refractivity contribution is 7.89. The fraction of sp³-hybridized carbons (Fsp3) is 0.263. The molecule has 0 heterocycles. The molecule has 0 radical (unpaired) electrons. The molecule has 144 valence electrons. The van der Waals surface area contributed by atoms with Gasteiger partial charge in [-0.15, -0.1) is 0 Å². The van der Waals surface area contributed by atoms with Crippen molar-refractivity contribution in [2.75, 3.05) is 13.2 Å². The average Bonchev–Trinajstić information content (AvgIpc) is 2.66. The van der Waals surface area contributed by atoms with Gasteiger partial charge in [-0.25, -0.2) is 13.2 Å². The van der Waals surface area contributed by atoms with Crippen LogP contribution >= 0.6 is 0 Å². The van der Waals surface area contributed by atoms with Crippen molar-refractivity contribution in [2.45, 2.75) is 25.3 Å². The van der Waals surface area contributed by atoms with Crippen LogP contribution in [0.15, 0.2) is 53.4 Å². The second kappa shape index (κ2) is 9.29. The standard InChI is InChI=1S/C19H21NO6S/c1-3-25-19(22)16-8-10-17(11-9-16)27(23,24)20-12-18(21)26-13-15-6-4-14(2)5-7-15/h4-11,20H,3,12-13H2,1-2H3. The first-order valence-electron chi connectivity index (χ1n) is 8.30. The summed E-state index contributed by atoms with van der Waals surface area (Å²) in [5.74, 6) is -1.23. The molecular formula is C19H21NO6S. The highest BCUT2D eigenvalue weighted by Crippen LogP contribution is 2.11. The highest BCUT2D eigenvalue weighted by atomic mass is 32.2. The first-order valence-corrected chi connectivity index (χ1v) is 9.78. The third kappa shape index (κ3) is 6.19. The zero-order valence-electron chi connectivity index (χ0n) is 15.1. The molecule has 0 spiro atoms. The molecule has 0 bridgehead atoms. The lowest BCUT2D eigenvalue weighted by molar-refractivity contribution is -0.143. The number of carbonyl (C=O) groups excluding carboxylic acids is 2. The average molecular weight is 391 g/mol. The molecule has 7 nitrogen and oxygen atoms in total. The quantitative estimate of drug-likeness (QED) is 0.693. The summed E-state index contributed by atoms with van der Waals surface area (Å²) in [5.41, 5.74) is 2.14. The first kappa shape index (κ1) is 20.6. The Kier molecular flexibility index (Phi) is 7.09. The summed E-state index contributed by atoms with van der Waals surface area (Å²) in [5, 5.41) is 0. The van der Waals surface area contributed by atoms with Gasteiger partial charge in [0.2, 0.25) is 10.0 Å². The van der Waals surface area contributed by atoms with Crippen molar-refractivity contribution < 1.29 is 27.5 Å². The van der Waals surface area contributed by atoms with Crippen LogP contribution < -0.4 is 4.72 Å². The SMILES string of the molecule is CCOC(=O)c1ccc(S(=O)(=O)NCC(=O)OCc2ccc(C)cc2)cc1. The Balaban J connectivity index is 1.88. The highest BCUT2D eigenvalue weighted by Gasteiger charge is 2.17. The van der Waals surface area contributed by atoms with E-state index in [1.807, 2.05) is 31.2 Å². The van der Waals surface area contributed by atoms with Crippen LogP contribution in [0.3, 0.4) is 0 Å². The van der Waals surface area contributed by atoms with E-state index in [9.17, 15) is 18.0 Å². The Morgan fingerprint density at radius 2 is 1.59 bits per heavy atom. The molecule has 0 aliphatic carbocycles. The largest absolute Gasteiger partial charge is 0.462 e. The van der Waals surface area contributed by atoms with E-state index in [1.165, 1.54) is 24.3 Å². The number of sulfonamides is 1. The fourth-order valence-electron chi connectivity index (χ4n) is 2.12. The molecule has 0 saturated heterocycles. The van der Waals surface area contributed by atoms with Crippen molar-refractivity contribution in [1.82, 2.24) is 4.72 Å². The van der Waals surface area contributed by atoms with Crippen molar-refractivity contribution >= 4 is 22.0 Å². The third-order valence-electron chi connectivity index (χ3n) is 3.60. The minimum Gasteiger partial charge on any atom is -0.462 e. The summed E-state index contributed by atoms with van der Waals surface area (Å²) < 4.78 is 36.5. The summed E-state index contributed by atoms with van der Waals surface area (Å²) in [7, 11) is -3.90. The molecule has 2 aromatic carbocycles. The van der Waals surface area contributed by atoms with E-state index in [4.69, 9.17) is 9.47 Å². The summed E-state index contributed by atoms with van der Waals surface area (Å²) in [6.45, 7) is 3.43. The summed E-state index contributed by atoms with van der Waals surface area (Å²) in [6, 6.07) is 12.7. The van der Waals surface area contributed by atoms with Gasteiger partial charge in [0.15, 0.2) is 0 Å². The second-order valence-electron chi connectivity index (χ2n) is 5.72. The van der Waals surface area contributed by atoms with Gasteiger partial charge in [0.05, 0.1) is 17.1 Å². The minimum absolute atomic E-state index is 0.0646. The number of nitrogens with one attached hydrogen (secondary N) is 1. The Hall–Kier alpha value is -2.71. The van der Waals surface area contributed by atoms with Gasteiger partial charge >= 0.3 is 11.9 Å². The zero-order valence-corrected chi connectivity index (χ0v) is 15.9. The first-order chi connectivity index (χ1) is 12.8. The Morgan fingerprint density at radius 3 is 2.19 bits per heavy atom. The molecule has 0 atom stereocenters. The molecule has 27 heavy (non-hydrogen) atoms. The van der Waals surface area contributed by atoms with Gasteiger partial charge < -0.3 is 9.47 Å². The molecule has 2 aromatic rings. The van der Waals surface area contributed by atoms with E-state index in [-0.39, 0.29) is 23.7 Å². The van der Waals surface area contributed by atoms with Crippen LogP contribution in [0.1, 0.15) is 28.4 Å². The van der Waals surface area contributed by atoms with Gasteiger partial charge in [-0.05, 0) is 43.7 Å². The number of esters is 2. The normalized spacial score (nSPS) is 11.0. The molecule has 0 fully saturated rings. The smallest absolute Gasteiger partial charge is 0.338 e. The van der Waals surface area contributed by atoms with Crippen LogP contribution in [-0.4, -0.2) is 33.5 Å². The topological polar surface area (TPSA) is 98.8 Å². The number of benzene rings is 2. The minimum atomic E-state index is -3.90. The predicted octanol–water partition coefficient (Wildman–Crippen LogP) is 2.19. The number of hydrogen-bond acceptors (Lipinski definition) is 6. The number of aryl methyl sites for hydroxylation is 1. The monoisotopic (exact) mass is 391 g/mol. The van der Waals surface area contributed by atoms with Crippen LogP contribution in [0.5, 0.6) is 0 Å². The van der Waals surface area contributed by atoms with Gasteiger partial charge in [-0.1, -0.05) is 29.8 Å². The van der Waals surface area contributed by atoms with Crippen LogP contribution in [0.2, 0.25) is 0 Å². The van der Waals surface area contributed by atoms with Gasteiger partial charge in [-0.3, -0.25) is 4.79 Å². The maximum Gasteiger partial charge on any atom is 0.338 e. The summed E-state index contributed by atoms with van der Waals surface area (Å²) >= 11 is 0. The number of rotatable bonds is 8. The molecule has 0 aromatic heterocycles. The van der Waals surface area contributed by atoms with E-state index in [2.05, 4.69) is 4.72 Å². The Bertz CT molecular complexity index is 889. The van der Waals surface area contributed by atoms with Crippen LogP contribution in [0, 0.1) is 6.92 Å². The maximum atomic E-state index is 12.2. The lowest BCUT2D eigenvalue weighted by Gasteiger charge is -2.08. The van der Waals surface area contributed by atoms with Crippen molar-refractivity contribution in [1.29, 1.82) is 0 Å². The third-order valence-corrected chi connectivity index (χ3v) is 5.02. The molecule has 0 aliphatic heterocycles. The Labute approximate surface area is 158 Å². The number of ether oxygens (including phenoxy) is 2. The predicted molar refractivity (Wildman–Crippen MR) is 98.6 cm³/mol. The molecular weight excluding hydrogens is 370 g/mol. The number of carbonyl (C=O) groups is 2. The van der Waals surface area contributed by atoms with Crippen LogP contribution in [-0.2, 0) is 30.9 Å². The molecule has 0 amide bonds. The zero-order chi connectivity index (χ0) is 19.9. The van der Waals surface area contributed by atoms with Gasteiger partial charge in [0, 0.05) is 0 Å². The fourth-order valence-corrected chi connectivity index (χ4v) is 3.09. The molecule has 0 saturated carbocycles. The summed E-state index contributed by atoms with van der Waals surface area (Å²) in [6.07, 6.45) is 0. The van der Waals surface area contributed by atoms with Crippen LogP contribution in [0.25, 0.3) is 0 Å². The van der Waals surface area contributed by atoms with E-state index < -0.39 is 28.5 Å². The summed E-state index contributed by atoms with van der Waals surface area (Å²) in [4.78, 5) is 23.3. The van der Waals surface area contributed by atoms with Crippen molar-refractivity contribution in [3.05, 3.63) is 65.2 Å². The van der Waals surface area contributed by atoms with E-state index >= 15 is 0 Å². The van der Waals surface area contributed by atoms with Gasteiger partial charge in [-0.2, -0.15) is 4.72 Å². The molecule has 0 unspecified atom stereocenters. The molecule has 1 N–H and O–H groups in total. The second-order valence-corrected chi connectivity index (χ2v) is 7.48. The van der Waals surface area contributed by atoms with E-state index in [0.717, 1.165) is 11.1 Å².